The lowest BCUT2D eigenvalue weighted by atomic mass is 10.1. The molecule has 0 saturated carbocycles. The molecule has 0 aliphatic carbocycles. The molecule has 0 aliphatic heterocycles. The zero-order valence-electron chi connectivity index (χ0n) is 13.4. The number of ether oxygens (including phenoxy) is 1. The largest absolute Gasteiger partial charge is 0.392 e. The first-order valence-corrected chi connectivity index (χ1v) is 8.43. The molecule has 0 heterocycles. The van der Waals surface area contributed by atoms with Crippen LogP contribution < -0.4 is 0 Å². The zero-order chi connectivity index (χ0) is 16.2. The van der Waals surface area contributed by atoms with E-state index in [4.69, 9.17) is 4.74 Å². The smallest absolute Gasteiger partial charge is 0.243 e. The molecule has 1 aromatic carbocycles. The fourth-order valence-corrected chi connectivity index (χ4v) is 3.44. The van der Waals surface area contributed by atoms with Crippen LogP contribution in [0.1, 0.15) is 30.5 Å². The monoisotopic (exact) mass is 315 g/mol. The van der Waals surface area contributed by atoms with Gasteiger partial charge in [-0.15, -0.1) is 0 Å². The molecule has 0 saturated heterocycles. The number of aryl methyl sites for hydroxylation is 2. The van der Waals surface area contributed by atoms with Crippen LogP contribution in [0.3, 0.4) is 0 Å². The highest BCUT2D eigenvalue weighted by molar-refractivity contribution is 7.89. The molecule has 0 bridgehead atoms. The Kier molecular flexibility index (Phi) is 6.34. The lowest BCUT2D eigenvalue weighted by Crippen LogP contribution is -2.31. The number of likely N-dealkylation sites (N-methyl/N-ethyl adjacent to an activating group) is 1. The third-order valence-corrected chi connectivity index (χ3v) is 5.35. The maximum Gasteiger partial charge on any atom is 0.243 e. The molecule has 21 heavy (non-hydrogen) atoms. The van der Waals surface area contributed by atoms with Crippen molar-refractivity contribution in [2.24, 2.45) is 0 Å². The topological polar surface area (TPSA) is 66.8 Å². The normalized spacial score (nSPS) is 12.4. The summed E-state index contributed by atoms with van der Waals surface area (Å²) in [5, 5.41) is 9.31. The van der Waals surface area contributed by atoms with Crippen molar-refractivity contribution in [3.05, 3.63) is 28.8 Å². The fourth-order valence-electron chi connectivity index (χ4n) is 2.03. The molecule has 0 aromatic heterocycles. The van der Waals surface area contributed by atoms with Crippen molar-refractivity contribution in [2.45, 2.75) is 45.3 Å². The Morgan fingerprint density at radius 1 is 1.24 bits per heavy atom. The number of rotatable bonds is 7. The van der Waals surface area contributed by atoms with Crippen LogP contribution in [0.4, 0.5) is 0 Å². The van der Waals surface area contributed by atoms with Gasteiger partial charge in [-0.3, -0.25) is 0 Å². The summed E-state index contributed by atoms with van der Waals surface area (Å²) >= 11 is 0. The molecule has 1 N–H and O–H groups in total. The summed E-state index contributed by atoms with van der Waals surface area (Å²) in [6, 6.07) is 3.34. The van der Waals surface area contributed by atoms with Crippen molar-refractivity contribution in [1.82, 2.24) is 4.31 Å². The second kappa shape index (κ2) is 7.35. The predicted molar refractivity (Wildman–Crippen MR) is 82.7 cm³/mol. The van der Waals surface area contributed by atoms with Crippen LogP contribution in [0, 0.1) is 13.8 Å². The van der Waals surface area contributed by atoms with Gasteiger partial charge in [0.05, 0.1) is 24.2 Å². The summed E-state index contributed by atoms with van der Waals surface area (Å²) in [6.07, 6.45) is 0.0724. The zero-order valence-corrected chi connectivity index (χ0v) is 14.2. The third kappa shape index (κ3) is 4.51. The molecule has 0 spiro atoms. The first-order valence-electron chi connectivity index (χ1n) is 6.99. The van der Waals surface area contributed by atoms with Crippen molar-refractivity contribution in [3.63, 3.8) is 0 Å². The van der Waals surface area contributed by atoms with E-state index in [0.717, 1.165) is 5.56 Å². The van der Waals surface area contributed by atoms with Crippen molar-refractivity contribution < 1.29 is 18.3 Å². The summed E-state index contributed by atoms with van der Waals surface area (Å²) in [5.74, 6) is 0. The average molecular weight is 315 g/mol. The van der Waals surface area contributed by atoms with Crippen molar-refractivity contribution >= 4 is 10.0 Å². The van der Waals surface area contributed by atoms with E-state index in [1.165, 1.54) is 11.4 Å². The maximum absolute atomic E-state index is 12.6. The minimum atomic E-state index is -3.57. The number of benzene rings is 1. The van der Waals surface area contributed by atoms with Gasteiger partial charge in [0.2, 0.25) is 10.0 Å². The molecular weight excluding hydrogens is 290 g/mol. The Morgan fingerprint density at radius 2 is 1.86 bits per heavy atom. The second-order valence-electron chi connectivity index (χ2n) is 5.45. The molecule has 0 amide bonds. The Bertz CT molecular complexity index is 582. The van der Waals surface area contributed by atoms with Crippen LogP contribution in [0.25, 0.3) is 0 Å². The van der Waals surface area contributed by atoms with E-state index in [0.29, 0.717) is 24.3 Å². The predicted octanol–water partition coefficient (Wildman–Crippen LogP) is 1.84. The quantitative estimate of drug-likeness (QED) is 0.834. The number of nitrogens with zero attached hydrogens (tertiary/aromatic N) is 1. The highest BCUT2D eigenvalue weighted by Gasteiger charge is 2.23. The minimum Gasteiger partial charge on any atom is -0.392 e. The molecule has 5 nitrogen and oxygen atoms in total. The van der Waals surface area contributed by atoms with Crippen molar-refractivity contribution in [3.8, 4) is 0 Å². The molecule has 0 unspecified atom stereocenters. The second-order valence-corrected chi connectivity index (χ2v) is 7.46. The van der Waals surface area contributed by atoms with Gasteiger partial charge in [0.15, 0.2) is 0 Å². The molecule has 0 atom stereocenters. The van der Waals surface area contributed by atoms with Gasteiger partial charge in [0.1, 0.15) is 0 Å². The van der Waals surface area contributed by atoms with E-state index in [-0.39, 0.29) is 17.6 Å². The van der Waals surface area contributed by atoms with Crippen molar-refractivity contribution in [1.29, 1.82) is 0 Å². The van der Waals surface area contributed by atoms with Crippen LogP contribution >= 0.6 is 0 Å². The summed E-state index contributed by atoms with van der Waals surface area (Å²) < 4.78 is 31.9. The van der Waals surface area contributed by atoms with E-state index in [2.05, 4.69) is 0 Å². The molecule has 0 radical (unpaired) electrons. The lowest BCUT2D eigenvalue weighted by Gasteiger charge is -2.20. The Hall–Kier alpha value is -0.950. The van der Waals surface area contributed by atoms with Gasteiger partial charge in [-0.05, 0) is 50.5 Å². The molecular formula is C15H25NO4S. The van der Waals surface area contributed by atoms with E-state index in [9.17, 15) is 13.5 Å². The Labute approximate surface area is 127 Å². The van der Waals surface area contributed by atoms with E-state index >= 15 is 0 Å². The number of sulfonamides is 1. The van der Waals surface area contributed by atoms with E-state index < -0.39 is 10.0 Å². The molecule has 0 aliphatic rings. The molecule has 0 fully saturated rings. The van der Waals surface area contributed by atoms with Gasteiger partial charge >= 0.3 is 0 Å². The fraction of sp³-hybridized carbons (Fsp3) is 0.600. The van der Waals surface area contributed by atoms with Gasteiger partial charge in [-0.2, -0.15) is 4.31 Å². The molecule has 1 aromatic rings. The molecule has 6 heteroatoms. The first-order chi connectivity index (χ1) is 9.70. The first kappa shape index (κ1) is 18.1. The highest BCUT2D eigenvalue weighted by atomic mass is 32.2. The van der Waals surface area contributed by atoms with Gasteiger partial charge in [0, 0.05) is 13.6 Å². The van der Waals surface area contributed by atoms with Gasteiger partial charge in [-0.1, -0.05) is 6.07 Å². The SMILES string of the molecule is Cc1cc(C)c(S(=O)(=O)N(C)CCOC(C)C)cc1CO. The number of aliphatic hydroxyl groups is 1. The van der Waals surface area contributed by atoms with Crippen LogP contribution in [-0.2, 0) is 21.4 Å². The summed E-state index contributed by atoms with van der Waals surface area (Å²) in [7, 11) is -2.04. The van der Waals surface area contributed by atoms with E-state index in [1.807, 2.05) is 20.8 Å². The lowest BCUT2D eigenvalue weighted by molar-refractivity contribution is 0.0737. The summed E-state index contributed by atoms with van der Waals surface area (Å²) in [4.78, 5) is 0.240. The minimum absolute atomic E-state index is 0.0724. The van der Waals surface area contributed by atoms with Crippen LogP contribution in [0.15, 0.2) is 17.0 Å². The highest BCUT2D eigenvalue weighted by Crippen LogP contribution is 2.23. The molecule has 120 valence electrons. The Morgan fingerprint density at radius 3 is 2.38 bits per heavy atom. The van der Waals surface area contributed by atoms with Gasteiger partial charge in [-0.25, -0.2) is 8.42 Å². The summed E-state index contributed by atoms with van der Waals surface area (Å²) in [6.45, 7) is 7.91. The standard InChI is InChI=1S/C15H25NO4S/c1-11(2)20-7-6-16(5)21(18,19)15-9-14(10-17)12(3)8-13(15)4/h8-9,11,17H,6-7,10H2,1-5H3. The Balaban J connectivity index is 3.02. The van der Waals surface area contributed by atoms with Crippen molar-refractivity contribution in [2.75, 3.05) is 20.2 Å². The number of aliphatic hydroxyl groups excluding tert-OH is 1. The number of hydrogen-bond acceptors (Lipinski definition) is 4. The molecule has 1 rings (SSSR count). The van der Waals surface area contributed by atoms with Crippen LogP contribution in [0.2, 0.25) is 0 Å². The summed E-state index contributed by atoms with van der Waals surface area (Å²) in [5.41, 5.74) is 2.20. The van der Waals surface area contributed by atoms with Crippen LogP contribution in [-0.4, -0.2) is 44.1 Å². The van der Waals surface area contributed by atoms with Gasteiger partial charge in [0.25, 0.3) is 0 Å². The van der Waals surface area contributed by atoms with Crippen LogP contribution in [0.5, 0.6) is 0 Å². The maximum atomic E-state index is 12.6. The third-order valence-electron chi connectivity index (χ3n) is 3.35. The van der Waals surface area contributed by atoms with Gasteiger partial charge < -0.3 is 9.84 Å². The number of hydrogen-bond donors (Lipinski definition) is 1. The van der Waals surface area contributed by atoms with E-state index in [1.54, 1.807) is 19.1 Å². The average Bonchev–Trinajstić information content (AvgIpc) is 2.37.